The normalized spacial score (nSPS) is 11.8. The maximum Gasteiger partial charge on any atom is 0.326 e. The topological polar surface area (TPSA) is 86.7 Å². The minimum Gasteiger partial charge on any atom is -0.480 e. The Bertz CT molecular complexity index is 547. The predicted molar refractivity (Wildman–Crippen MR) is 88.1 cm³/mol. The highest BCUT2D eigenvalue weighted by atomic mass is 79.9. The van der Waals surface area contributed by atoms with E-state index in [-0.39, 0.29) is 12.5 Å². The molecule has 2 N–H and O–H groups in total. The van der Waals surface area contributed by atoms with Gasteiger partial charge in [0, 0.05) is 7.05 Å². The highest BCUT2D eigenvalue weighted by Gasteiger charge is 2.22. The Morgan fingerprint density at radius 3 is 2.59 bits per heavy atom. The van der Waals surface area contributed by atoms with Gasteiger partial charge in [-0.3, -0.25) is 9.59 Å². The van der Waals surface area contributed by atoms with Crippen LogP contribution in [0.2, 0.25) is 0 Å². The summed E-state index contributed by atoms with van der Waals surface area (Å²) in [5.74, 6) is -1.81. The molecule has 1 aromatic heterocycles. The molecule has 0 aromatic carbocycles. The Hall–Kier alpha value is -1.41. The minimum absolute atomic E-state index is 0.176. The van der Waals surface area contributed by atoms with Gasteiger partial charge in [0.05, 0.1) is 15.2 Å². The number of unbranched alkanes of at least 4 members (excludes halogenated alkanes) is 1. The van der Waals surface area contributed by atoms with E-state index in [9.17, 15) is 14.4 Å². The third-order valence-corrected chi connectivity index (χ3v) is 4.60. The summed E-state index contributed by atoms with van der Waals surface area (Å²) in [7, 11) is 1.51. The average molecular weight is 391 g/mol. The SMILES string of the molecule is CCCCC(NC(=O)CN(C)C(=O)c1ccc(Br)s1)C(=O)O. The number of thiophene rings is 1. The van der Waals surface area contributed by atoms with E-state index in [1.807, 2.05) is 6.92 Å². The number of carboxylic acids is 1. The molecule has 0 bridgehead atoms. The van der Waals surface area contributed by atoms with Gasteiger partial charge in [0.1, 0.15) is 6.04 Å². The Labute approximate surface area is 141 Å². The van der Waals surface area contributed by atoms with Crippen molar-refractivity contribution >= 4 is 45.1 Å². The Morgan fingerprint density at radius 1 is 1.41 bits per heavy atom. The van der Waals surface area contributed by atoms with E-state index < -0.39 is 17.9 Å². The van der Waals surface area contributed by atoms with Crippen molar-refractivity contribution in [3.05, 3.63) is 20.8 Å². The molecule has 0 aliphatic rings. The fourth-order valence-electron chi connectivity index (χ4n) is 1.81. The fourth-order valence-corrected chi connectivity index (χ4v) is 3.19. The lowest BCUT2D eigenvalue weighted by molar-refractivity contribution is -0.142. The van der Waals surface area contributed by atoms with E-state index in [4.69, 9.17) is 5.11 Å². The minimum atomic E-state index is -1.06. The van der Waals surface area contributed by atoms with Crippen molar-refractivity contribution in [3.8, 4) is 0 Å². The molecule has 8 heteroatoms. The zero-order chi connectivity index (χ0) is 16.7. The fraction of sp³-hybridized carbons (Fsp3) is 0.500. The van der Waals surface area contributed by atoms with Crippen LogP contribution < -0.4 is 5.32 Å². The van der Waals surface area contributed by atoms with Crippen molar-refractivity contribution in [2.75, 3.05) is 13.6 Å². The largest absolute Gasteiger partial charge is 0.480 e. The van der Waals surface area contributed by atoms with Gasteiger partial charge in [0.15, 0.2) is 0 Å². The van der Waals surface area contributed by atoms with Crippen molar-refractivity contribution in [1.82, 2.24) is 10.2 Å². The van der Waals surface area contributed by atoms with E-state index in [1.165, 1.54) is 23.3 Å². The lowest BCUT2D eigenvalue weighted by Crippen LogP contribution is -2.45. The third-order valence-electron chi connectivity index (χ3n) is 2.99. The van der Waals surface area contributed by atoms with Gasteiger partial charge in [0.25, 0.3) is 5.91 Å². The monoisotopic (exact) mass is 390 g/mol. The Morgan fingerprint density at radius 2 is 2.09 bits per heavy atom. The third kappa shape index (κ3) is 5.76. The predicted octanol–water partition coefficient (Wildman–Crippen LogP) is 2.34. The van der Waals surface area contributed by atoms with Gasteiger partial charge >= 0.3 is 5.97 Å². The van der Waals surface area contributed by atoms with Crippen LogP contribution in [0.25, 0.3) is 0 Å². The van der Waals surface area contributed by atoms with E-state index in [1.54, 1.807) is 12.1 Å². The van der Waals surface area contributed by atoms with Gasteiger partial charge in [-0.15, -0.1) is 11.3 Å². The van der Waals surface area contributed by atoms with Crippen LogP contribution in [0.3, 0.4) is 0 Å². The standard InChI is InChI=1S/C14H19BrN2O4S/c1-3-4-5-9(14(20)21)16-12(18)8-17(2)13(19)10-6-7-11(15)22-10/h6-7,9H,3-5,8H2,1-2H3,(H,16,18)(H,20,21). The van der Waals surface area contributed by atoms with Gasteiger partial charge in [-0.2, -0.15) is 0 Å². The lowest BCUT2D eigenvalue weighted by atomic mass is 10.1. The number of aliphatic carboxylic acids is 1. The number of carboxylic acid groups (broad SMARTS) is 1. The van der Waals surface area contributed by atoms with E-state index in [0.717, 1.165) is 16.6 Å². The molecule has 22 heavy (non-hydrogen) atoms. The number of rotatable bonds is 8. The van der Waals surface area contributed by atoms with Crippen molar-refractivity contribution < 1.29 is 19.5 Å². The molecule has 1 heterocycles. The van der Waals surface area contributed by atoms with E-state index >= 15 is 0 Å². The zero-order valence-corrected chi connectivity index (χ0v) is 14.9. The smallest absolute Gasteiger partial charge is 0.326 e. The molecule has 1 atom stereocenters. The first-order valence-electron chi connectivity index (χ1n) is 6.88. The van der Waals surface area contributed by atoms with Crippen LogP contribution in [0.15, 0.2) is 15.9 Å². The number of carbonyl (C=O) groups is 3. The highest BCUT2D eigenvalue weighted by molar-refractivity contribution is 9.11. The van der Waals surface area contributed by atoms with Crippen molar-refractivity contribution in [2.45, 2.75) is 32.2 Å². The van der Waals surface area contributed by atoms with E-state index in [0.29, 0.717) is 11.3 Å². The summed E-state index contributed by atoms with van der Waals surface area (Å²) >= 11 is 4.56. The summed E-state index contributed by atoms with van der Waals surface area (Å²) in [5.41, 5.74) is 0. The van der Waals surface area contributed by atoms with E-state index in [2.05, 4.69) is 21.2 Å². The van der Waals surface area contributed by atoms with Crippen molar-refractivity contribution in [3.63, 3.8) is 0 Å². The number of nitrogens with one attached hydrogen (secondary N) is 1. The first kappa shape index (κ1) is 18.6. The van der Waals surface area contributed by atoms with Crippen LogP contribution in [0.4, 0.5) is 0 Å². The summed E-state index contributed by atoms with van der Waals surface area (Å²) in [6.45, 7) is 1.77. The number of amides is 2. The summed E-state index contributed by atoms with van der Waals surface area (Å²) in [6.07, 6.45) is 1.95. The van der Waals surface area contributed by atoms with Crippen LogP contribution in [0, 0.1) is 0 Å². The molecular formula is C14H19BrN2O4S. The second-order valence-corrected chi connectivity index (χ2v) is 7.33. The first-order chi connectivity index (χ1) is 10.3. The summed E-state index contributed by atoms with van der Waals surface area (Å²) in [4.78, 5) is 36.9. The number of likely N-dealkylation sites (N-methyl/N-ethyl adjacent to an activating group) is 1. The van der Waals surface area contributed by atoms with Gasteiger partial charge in [-0.1, -0.05) is 19.8 Å². The molecule has 122 valence electrons. The Balaban J connectivity index is 2.55. The average Bonchev–Trinajstić information content (AvgIpc) is 2.88. The summed E-state index contributed by atoms with van der Waals surface area (Å²) < 4.78 is 0.833. The van der Waals surface area contributed by atoms with Gasteiger partial charge in [-0.05, 0) is 34.5 Å². The number of hydrogen-bond acceptors (Lipinski definition) is 4. The first-order valence-corrected chi connectivity index (χ1v) is 8.49. The number of hydrogen-bond donors (Lipinski definition) is 2. The molecule has 0 aliphatic carbocycles. The number of nitrogens with zero attached hydrogens (tertiary/aromatic N) is 1. The molecule has 1 aromatic rings. The molecule has 0 radical (unpaired) electrons. The molecule has 6 nitrogen and oxygen atoms in total. The molecule has 2 amide bonds. The lowest BCUT2D eigenvalue weighted by Gasteiger charge is -2.18. The van der Waals surface area contributed by atoms with Crippen LogP contribution in [0.1, 0.15) is 35.9 Å². The van der Waals surface area contributed by atoms with Crippen LogP contribution in [0.5, 0.6) is 0 Å². The molecule has 0 saturated carbocycles. The zero-order valence-electron chi connectivity index (χ0n) is 12.5. The molecular weight excluding hydrogens is 372 g/mol. The summed E-state index contributed by atoms with van der Waals surface area (Å²) in [6, 6.07) is 2.52. The molecule has 0 saturated heterocycles. The molecule has 0 spiro atoms. The van der Waals surface area contributed by atoms with Crippen molar-refractivity contribution in [2.24, 2.45) is 0 Å². The van der Waals surface area contributed by atoms with Crippen molar-refractivity contribution in [1.29, 1.82) is 0 Å². The number of carbonyl (C=O) groups excluding carboxylic acids is 2. The molecule has 1 unspecified atom stereocenters. The second kappa shape index (κ2) is 8.89. The molecule has 1 rings (SSSR count). The van der Waals surface area contributed by atoms with Gasteiger partial charge < -0.3 is 15.3 Å². The van der Waals surface area contributed by atoms with Crippen LogP contribution >= 0.6 is 27.3 Å². The van der Waals surface area contributed by atoms with Crippen LogP contribution in [-0.2, 0) is 9.59 Å². The second-order valence-electron chi connectivity index (χ2n) is 4.87. The summed E-state index contributed by atoms with van der Waals surface area (Å²) in [5, 5.41) is 11.5. The Kier molecular flexibility index (Phi) is 7.53. The van der Waals surface area contributed by atoms with Gasteiger partial charge in [-0.25, -0.2) is 4.79 Å². The maximum absolute atomic E-state index is 12.1. The van der Waals surface area contributed by atoms with Gasteiger partial charge in [0.2, 0.25) is 5.91 Å². The van der Waals surface area contributed by atoms with Crippen LogP contribution in [-0.4, -0.2) is 47.4 Å². The molecule has 0 aliphatic heterocycles. The quantitative estimate of drug-likeness (QED) is 0.712. The number of halogens is 1. The highest BCUT2D eigenvalue weighted by Crippen LogP contribution is 2.22. The maximum atomic E-state index is 12.1. The molecule has 0 fully saturated rings.